The van der Waals surface area contributed by atoms with Gasteiger partial charge in [0.2, 0.25) is 0 Å². The van der Waals surface area contributed by atoms with E-state index in [1.807, 2.05) is 13.8 Å². The summed E-state index contributed by atoms with van der Waals surface area (Å²) in [6.07, 6.45) is 1.67. The molecule has 1 aliphatic carbocycles. The summed E-state index contributed by atoms with van der Waals surface area (Å²) < 4.78 is 39.7. The summed E-state index contributed by atoms with van der Waals surface area (Å²) in [5.74, 6) is -1.72. The average molecular weight is 496 g/mol. The molecule has 0 radical (unpaired) electrons. The Morgan fingerprint density at radius 3 is 2.74 bits per heavy atom. The maximum Gasteiger partial charge on any atom is 0.407 e. The Morgan fingerprint density at radius 2 is 2.06 bits per heavy atom. The van der Waals surface area contributed by atoms with E-state index >= 15 is 0 Å². The number of phenols is 1. The number of halogens is 2. The van der Waals surface area contributed by atoms with E-state index in [1.165, 1.54) is 0 Å². The quantitative estimate of drug-likeness (QED) is 0.366. The summed E-state index contributed by atoms with van der Waals surface area (Å²) in [4.78, 5) is 35.2. The van der Waals surface area contributed by atoms with E-state index < -0.39 is 36.7 Å². The summed E-state index contributed by atoms with van der Waals surface area (Å²) in [6.45, 7) is -0.0618. The number of benzene rings is 1. The van der Waals surface area contributed by atoms with Crippen LogP contribution in [0.3, 0.4) is 0 Å². The molecule has 1 aliphatic rings. The first-order valence-electron chi connectivity index (χ1n) is 10.9. The number of aldehydes is 1. The zero-order valence-electron chi connectivity index (χ0n) is 19.0. The summed E-state index contributed by atoms with van der Waals surface area (Å²) in [6, 6.07) is 3.44. The van der Waals surface area contributed by atoms with Crippen molar-refractivity contribution in [2.75, 3.05) is 11.9 Å². The molecule has 1 aromatic carbocycles. The Hall–Kier alpha value is -3.90. The molecule has 0 unspecified atom stereocenters. The predicted octanol–water partition coefficient (Wildman–Crippen LogP) is 3.32. The highest BCUT2D eigenvalue weighted by molar-refractivity contribution is 5.91. The second-order valence-electron chi connectivity index (χ2n) is 8.23. The van der Waals surface area contributed by atoms with Gasteiger partial charge in [0.05, 0.1) is 5.56 Å². The van der Waals surface area contributed by atoms with Gasteiger partial charge in [-0.05, 0) is 33.1 Å². The van der Waals surface area contributed by atoms with Gasteiger partial charge in [0.1, 0.15) is 23.4 Å². The summed E-state index contributed by atoms with van der Waals surface area (Å²) in [5.41, 5.74) is 0.447. The zero-order valence-corrected chi connectivity index (χ0v) is 19.0. The highest BCUT2D eigenvalue weighted by Gasteiger charge is 2.30. The lowest BCUT2D eigenvalue weighted by Gasteiger charge is -2.14. The van der Waals surface area contributed by atoms with Gasteiger partial charge in [0.15, 0.2) is 18.7 Å². The third kappa shape index (κ3) is 7.29. The number of alkyl halides is 2. The fourth-order valence-corrected chi connectivity index (χ4v) is 3.68. The van der Waals surface area contributed by atoms with Crippen molar-refractivity contribution in [1.29, 1.82) is 0 Å². The highest BCUT2D eigenvalue weighted by atomic mass is 19.3. The van der Waals surface area contributed by atoms with Crippen molar-refractivity contribution in [2.45, 2.75) is 57.8 Å². The van der Waals surface area contributed by atoms with Crippen LogP contribution in [0.15, 0.2) is 18.2 Å². The number of nitrogens with zero attached hydrogens (tertiary/aromatic N) is 1. The van der Waals surface area contributed by atoms with E-state index in [4.69, 9.17) is 9.47 Å². The Bertz CT molecular complexity index is 1060. The highest BCUT2D eigenvalue weighted by Crippen LogP contribution is 2.36. The third-order valence-electron chi connectivity index (χ3n) is 5.17. The van der Waals surface area contributed by atoms with Crippen LogP contribution < -0.4 is 20.1 Å². The molecule has 1 heterocycles. The minimum atomic E-state index is -3.15. The third-order valence-corrected chi connectivity index (χ3v) is 5.17. The summed E-state index contributed by atoms with van der Waals surface area (Å²) in [5, 5.41) is 21.9. The Kier molecular flexibility index (Phi) is 8.44. The van der Waals surface area contributed by atoms with Crippen LogP contribution in [0.5, 0.6) is 17.2 Å². The van der Waals surface area contributed by atoms with Gasteiger partial charge < -0.3 is 30.0 Å². The van der Waals surface area contributed by atoms with Gasteiger partial charge in [-0.25, -0.2) is 4.79 Å². The monoisotopic (exact) mass is 496 g/mol. The van der Waals surface area contributed by atoms with Gasteiger partial charge in [-0.15, -0.1) is 0 Å². The zero-order chi connectivity index (χ0) is 25.5. The molecular formula is C22H26F2N4O7. The number of aromatic hydroxyl groups is 1. The number of amides is 2. The van der Waals surface area contributed by atoms with E-state index in [-0.39, 0.29) is 41.5 Å². The van der Waals surface area contributed by atoms with E-state index in [9.17, 15) is 28.3 Å². The second kappa shape index (κ2) is 11.5. The number of hydrogen-bond donors (Lipinski definition) is 4. The average Bonchev–Trinajstić information content (AvgIpc) is 3.40. The standard InChI is InChI=1S/C22H26F2N4O7/c1-11(2)25-22(32)35-13-4-3-12(5-13)16-8-19(28-27-16)26-20(31)10-33-18-7-14(34-21(23)24)6-17(30)15(18)9-29/h6-9,11-13,21,30H,3-5,10H2,1-2H3,(H,25,32)(H2,26,27,28,31)/t12-,13+/m0/s1. The van der Waals surface area contributed by atoms with E-state index in [1.54, 1.807) is 6.07 Å². The minimum Gasteiger partial charge on any atom is -0.507 e. The molecule has 2 aromatic rings. The number of phenolic OH excluding ortho intramolecular Hbond substituents is 1. The fourth-order valence-electron chi connectivity index (χ4n) is 3.68. The number of aromatic nitrogens is 2. The molecule has 0 bridgehead atoms. The van der Waals surface area contributed by atoms with Crippen LogP contribution in [0, 0.1) is 0 Å². The minimum absolute atomic E-state index is 0.0203. The molecule has 2 amide bonds. The van der Waals surface area contributed by atoms with Crippen LogP contribution in [0.4, 0.5) is 19.4 Å². The summed E-state index contributed by atoms with van der Waals surface area (Å²) >= 11 is 0. The predicted molar refractivity (Wildman–Crippen MR) is 118 cm³/mol. The lowest BCUT2D eigenvalue weighted by molar-refractivity contribution is -0.118. The van der Waals surface area contributed by atoms with E-state index in [2.05, 4.69) is 25.6 Å². The Balaban J connectivity index is 1.53. The van der Waals surface area contributed by atoms with Gasteiger partial charge in [-0.2, -0.15) is 13.9 Å². The van der Waals surface area contributed by atoms with Crippen LogP contribution in [-0.2, 0) is 9.53 Å². The van der Waals surface area contributed by atoms with Crippen molar-refractivity contribution in [2.24, 2.45) is 0 Å². The first-order chi connectivity index (χ1) is 16.6. The Morgan fingerprint density at radius 1 is 1.29 bits per heavy atom. The van der Waals surface area contributed by atoms with E-state index in [0.717, 1.165) is 24.2 Å². The maximum atomic E-state index is 12.4. The van der Waals surface area contributed by atoms with Gasteiger partial charge >= 0.3 is 12.7 Å². The number of H-pyrrole nitrogens is 1. The maximum absolute atomic E-state index is 12.4. The van der Waals surface area contributed by atoms with E-state index in [0.29, 0.717) is 12.8 Å². The van der Waals surface area contributed by atoms with Crippen LogP contribution >= 0.6 is 0 Å². The first-order valence-corrected chi connectivity index (χ1v) is 10.9. The molecule has 0 aliphatic heterocycles. The topological polar surface area (TPSA) is 152 Å². The van der Waals surface area contributed by atoms with Crippen molar-refractivity contribution in [1.82, 2.24) is 15.5 Å². The lowest BCUT2D eigenvalue weighted by Crippen LogP contribution is -2.33. The van der Waals surface area contributed by atoms with Crippen molar-refractivity contribution >= 4 is 24.1 Å². The molecule has 3 rings (SSSR count). The van der Waals surface area contributed by atoms with Crippen molar-refractivity contribution in [3.05, 3.63) is 29.5 Å². The number of rotatable bonds is 10. The molecule has 11 nitrogen and oxygen atoms in total. The smallest absolute Gasteiger partial charge is 0.407 e. The van der Waals surface area contributed by atoms with Crippen LogP contribution in [0.1, 0.15) is 55.1 Å². The molecule has 13 heteroatoms. The normalized spacial score (nSPS) is 17.3. The largest absolute Gasteiger partial charge is 0.507 e. The SMILES string of the molecule is CC(C)NC(=O)O[C@@H]1CC[C@H](c2cc(NC(=O)COc3cc(OC(F)F)cc(O)c3C=O)n[nH]2)C1. The number of anilines is 1. The number of alkyl carbamates (subject to hydrolysis) is 1. The molecule has 190 valence electrons. The number of hydrogen-bond acceptors (Lipinski definition) is 8. The van der Waals surface area contributed by atoms with Crippen molar-refractivity contribution in [3.8, 4) is 17.2 Å². The number of ether oxygens (including phenoxy) is 3. The fraction of sp³-hybridized carbons (Fsp3) is 0.455. The van der Waals surface area contributed by atoms with Gasteiger partial charge in [0.25, 0.3) is 5.91 Å². The van der Waals surface area contributed by atoms with Gasteiger partial charge in [0, 0.05) is 35.9 Å². The number of carbonyl (C=O) groups is 3. The van der Waals surface area contributed by atoms with Gasteiger partial charge in [-0.1, -0.05) is 0 Å². The van der Waals surface area contributed by atoms with Crippen LogP contribution in [-0.4, -0.2) is 59.0 Å². The number of aromatic amines is 1. The van der Waals surface area contributed by atoms with Crippen molar-refractivity contribution in [3.63, 3.8) is 0 Å². The molecule has 35 heavy (non-hydrogen) atoms. The molecule has 2 atom stereocenters. The van der Waals surface area contributed by atoms with Crippen LogP contribution in [0.25, 0.3) is 0 Å². The van der Waals surface area contributed by atoms with Crippen molar-refractivity contribution < 1.29 is 42.5 Å². The lowest BCUT2D eigenvalue weighted by atomic mass is 10.0. The Labute approximate surface area is 199 Å². The molecule has 1 saturated carbocycles. The second-order valence-corrected chi connectivity index (χ2v) is 8.23. The van der Waals surface area contributed by atoms with Crippen LogP contribution in [0.2, 0.25) is 0 Å². The molecular weight excluding hydrogens is 470 g/mol. The molecule has 1 fully saturated rings. The number of carbonyl (C=O) groups excluding carboxylic acids is 3. The first kappa shape index (κ1) is 25.7. The molecule has 0 spiro atoms. The number of nitrogens with one attached hydrogen (secondary N) is 3. The van der Waals surface area contributed by atoms with Gasteiger partial charge in [-0.3, -0.25) is 14.7 Å². The summed E-state index contributed by atoms with van der Waals surface area (Å²) in [7, 11) is 0. The molecule has 4 N–H and O–H groups in total. The molecule has 1 aromatic heterocycles. The molecule has 0 saturated heterocycles.